The third kappa shape index (κ3) is 3.65. The first-order valence-corrected chi connectivity index (χ1v) is 7.45. The fourth-order valence-electron chi connectivity index (χ4n) is 3.02. The molecule has 0 saturated carbocycles. The Kier molecular flexibility index (Phi) is 6.91. The molecule has 7 heteroatoms. The highest BCUT2D eigenvalue weighted by Gasteiger charge is 2.24. The van der Waals surface area contributed by atoms with Crippen LogP contribution in [0.1, 0.15) is 38.1 Å². The summed E-state index contributed by atoms with van der Waals surface area (Å²) in [6, 6.07) is 1.15. The molecule has 5 nitrogen and oxygen atoms in total. The van der Waals surface area contributed by atoms with Gasteiger partial charge in [0, 0.05) is 37.7 Å². The van der Waals surface area contributed by atoms with E-state index in [2.05, 4.69) is 39.2 Å². The molecule has 22 heavy (non-hydrogen) atoms. The zero-order chi connectivity index (χ0) is 14.1. The summed E-state index contributed by atoms with van der Waals surface area (Å²) in [6.07, 6.45) is 9.57. The number of nitrogens with one attached hydrogen (secondary N) is 1. The Morgan fingerprint density at radius 2 is 2.14 bits per heavy atom. The molecule has 0 unspecified atom stereocenters. The van der Waals surface area contributed by atoms with Crippen LogP contribution in [-0.2, 0) is 7.05 Å². The Morgan fingerprint density at radius 3 is 2.77 bits per heavy atom. The summed E-state index contributed by atoms with van der Waals surface area (Å²) >= 11 is 0. The summed E-state index contributed by atoms with van der Waals surface area (Å²) in [7, 11) is 2.02. The van der Waals surface area contributed by atoms with E-state index in [4.69, 9.17) is 0 Å². The van der Waals surface area contributed by atoms with Gasteiger partial charge in [-0.2, -0.15) is 0 Å². The lowest BCUT2D eigenvalue weighted by atomic mass is 9.97. The standard InChI is InChI=1S/C15H23N5.2ClH/c1-4-12-9-13(5-6-16-12)20-8-7-17-15(20)14-10-19(3)11(2)18-14;;/h7-8,10,12-13,16H,4-6,9H2,1-3H3;2*1H/t12-,13+;;/m0../s1. The highest BCUT2D eigenvalue weighted by molar-refractivity contribution is 5.85. The van der Waals surface area contributed by atoms with Gasteiger partial charge in [-0.15, -0.1) is 24.8 Å². The van der Waals surface area contributed by atoms with Crippen molar-refractivity contribution in [2.75, 3.05) is 6.54 Å². The number of aromatic nitrogens is 4. The van der Waals surface area contributed by atoms with Gasteiger partial charge in [0.1, 0.15) is 11.5 Å². The van der Waals surface area contributed by atoms with Crippen LogP contribution in [0.3, 0.4) is 0 Å². The fraction of sp³-hybridized carbons (Fsp3) is 0.600. The van der Waals surface area contributed by atoms with Crippen LogP contribution < -0.4 is 5.32 Å². The molecule has 1 fully saturated rings. The Bertz CT molecular complexity index is 573. The number of aryl methyl sites for hydroxylation is 2. The van der Waals surface area contributed by atoms with Gasteiger partial charge in [-0.3, -0.25) is 0 Å². The molecule has 1 N–H and O–H groups in total. The third-order valence-electron chi connectivity index (χ3n) is 4.36. The van der Waals surface area contributed by atoms with Crippen LogP contribution in [0.2, 0.25) is 0 Å². The first-order valence-electron chi connectivity index (χ1n) is 7.45. The van der Waals surface area contributed by atoms with E-state index in [1.165, 1.54) is 12.8 Å². The average Bonchev–Trinajstić information content (AvgIpc) is 3.06. The fourth-order valence-corrected chi connectivity index (χ4v) is 3.02. The predicted molar refractivity (Wildman–Crippen MR) is 94.0 cm³/mol. The zero-order valence-electron chi connectivity index (χ0n) is 13.3. The van der Waals surface area contributed by atoms with Gasteiger partial charge in [0.25, 0.3) is 0 Å². The summed E-state index contributed by atoms with van der Waals surface area (Å²) in [5, 5.41) is 3.58. The van der Waals surface area contributed by atoms with Crippen LogP contribution in [0.4, 0.5) is 0 Å². The van der Waals surface area contributed by atoms with Crippen molar-refractivity contribution in [2.24, 2.45) is 7.05 Å². The molecule has 3 heterocycles. The topological polar surface area (TPSA) is 47.7 Å². The van der Waals surface area contributed by atoms with Crippen molar-refractivity contribution in [2.45, 2.75) is 45.2 Å². The van der Waals surface area contributed by atoms with E-state index in [0.29, 0.717) is 12.1 Å². The van der Waals surface area contributed by atoms with E-state index in [1.54, 1.807) is 0 Å². The molecule has 3 rings (SSSR count). The van der Waals surface area contributed by atoms with Gasteiger partial charge in [0.05, 0.1) is 0 Å². The van der Waals surface area contributed by atoms with Crippen molar-refractivity contribution in [1.29, 1.82) is 0 Å². The zero-order valence-corrected chi connectivity index (χ0v) is 15.0. The quantitative estimate of drug-likeness (QED) is 0.929. The van der Waals surface area contributed by atoms with Gasteiger partial charge in [0.2, 0.25) is 0 Å². The van der Waals surface area contributed by atoms with Crippen molar-refractivity contribution < 1.29 is 0 Å². The second-order valence-electron chi connectivity index (χ2n) is 5.68. The molecule has 2 aromatic rings. The highest BCUT2D eigenvalue weighted by atomic mass is 35.5. The lowest BCUT2D eigenvalue weighted by molar-refractivity contribution is 0.297. The van der Waals surface area contributed by atoms with Gasteiger partial charge in [0.15, 0.2) is 5.82 Å². The smallest absolute Gasteiger partial charge is 0.160 e. The van der Waals surface area contributed by atoms with Crippen LogP contribution in [0.15, 0.2) is 18.6 Å². The summed E-state index contributed by atoms with van der Waals surface area (Å²) in [5.41, 5.74) is 0.974. The summed E-state index contributed by atoms with van der Waals surface area (Å²) < 4.78 is 4.36. The highest BCUT2D eigenvalue weighted by Crippen LogP contribution is 2.28. The number of rotatable bonds is 3. The number of imidazole rings is 2. The lowest BCUT2D eigenvalue weighted by Crippen LogP contribution is -2.38. The van der Waals surface area contributed by atoms with Crippen LogP contribution in [-0.4, -0.2) is 31.7 Å². The summed E-state index contributed by atoms with van der Waals surface area (Å²) in [6.45, 7) is 5.35. The Hall–Kier alpha value is -1.04. The summed E-state index contributed by atoms with van der Waals surface area (Å²) in [4.78, 5) is 9.15. The number of hydrogen-bond acceptors (Lipinski definition) is 3. The molecule has 0 spiro atoms. The number of piperidine rings is 1. The molecule has 1 aliphatic heterocycles. The average molecular weight is 346 g/mol. The SMILES string of the molecule is CC[C@H]1C[C@H](n2ccnc2-c2cn(C)c(C)n2)CCN1.Cl.Cl. The van der Waals surface area contributed by atoms with Crippen LogP contribution in [0, 0.1) is 6.92 Å². The Labute approximate surface area is 144 Å². The monoisotopic (exact) mass is 345 g/mol. The van der Waals surface area contributed by atoms with Crippen LogP contribution >= 0.6 is 24.8 Å². The molecular formula is C15H25Cl2N5. The second kappa shape index (κ2) is 7.99. The van der Waals surface area contributed by atoms with E-state index in [0.717, 1.165) is 30.3 Å². The molecule has 0 amide bonds. The Morgan fingerprint density at radius 1 is 1.36 bits per heavy atom. The van der Waals surface area contributed by atoms with E-state index in [1.807, 2.05) is 24.7 Å². The van der Waals surface area contributed by atoms with Gasteiger partial charge < -0.3 is 14.5 Å². The van der Waals surface area contributed by atoms with Gasteiger partial charge >= 0.3 is 0 Å². The lowest BCUT2D eigenvalue weighted by Gasteiger charge is -2.31. The maximum Gasteiger partial charge on any atom is 0.160 e. The predicted octanol–water partition coefficient (Wildman–Crippen LogP) is 3.14. The third-order valence-corrected chi connectivity index (χ3v) is 4.36. The molecule has 0 radical (unpaired) electrons. The van der Waals surface area contributed by atoms with Crippen molar-refractivity contribution >= 4 is 24.8 Å². The molecule has 0 bridgehead atoms. The van der Waals surface area contributed by atoms with Gasteiger partial charge in [-0.05, 0) is 32.7 Å². The molecule has 124 valence electrons. The second-order valence-corrected chi connectivity index (χ2v) is 5.68. The summed E-state index contributed by atoms with van der Waals surface area (Å²) in [5.74, 6) is 2.02. The normalized spacial score (nSPS) is 21.0. The van der Waals surface area contributed by atoms with Crippen molar-refractivity contribution in [3.63, 3.8) is 0 Å². The van der Waals surface area contributed by atoms with E-state index < -0.39 is 0 Å². The van der Waals surface area contributed by atoms with Gasteiger partial charge in [-0.25, -0.2) is 9.97 Å². The van der Waals surface area contributed by atoms with Crippen molar-refractivity contribution in [1.82, 2.24) is 24.4 Å². The molecule has 2 atom stereocenters. The van der Waals surface area contributed by atoms with E-state index in [-0.39, 0.29) is 24.8 Å². The maximum atomic E-state index is 4.61. The molecular weight excluding hydrogens is 321 g/mol. The molecule has 1 aliphatic rings. The molecule has 0 aromatic carbocycles. The van der Waals surface area contributed by atoms with E-state index in [9.17, 15) is 0 Å². The van der Waals surface area contributed by atoms with Crippen molar-refractivity contribution in [3.8, 4) is 11.5 Å². The molecule has 0 aliphatic carbocycles. The number of halogens is 2. The number of nitrogens with zero attached hydrogens (tertiary/aromatic N) is 4. The first-order chi connectivity index (χ1) is 9.69. The maximum absolute atomic E-state index is 4.61. The largest absolute Gasteiger partial charge is 0.337 e. The molecule has 2 aromatic heterocycles. The van der Waals surface area contributed by atoms with Crippen LogP contribution in [0.25, 0.3) is 11.5 Å². The molecule has 1 saturated heterocycles. The minimum atomic E-state index is 0. The van der Waals surface area contributed by atoms with Crippen LogP contribution in [0.5, 0.6) is 0 Å². The Balaban J connectivity index is 0.00000121. The minimum absolute atomic E-state index is 0. The van der Waals surface area contributed by atoms with Crippen molar-refractivity contribution in [3.05, 3.63) is 24.4 Å². The van der Waals surface area contributed by atoms with E-state index >= 15 is 0 Å². The first kappa shape index (κ1) is 19.0. The minimum Gasteiger partial charge on any atom is -0.337 e. The number of hydrogen-bond donors (Lipinski definition) is 1. The van der Waals surface area contributed by atoms with Gasteiger partial charge in [-0.1, -0.05) is 6.92 Å².